The van der Waals surface area contributed by atoms with Crippen LogP contribution in [0.3, 0.4) is 0 Å². The molecule has 0 atom stereocenters. The molecular formula is C17H15N3O. The van der Waals surface area contributed by atoms with Gasteiger partial charge in [-0.3, -0.25) is 5.41 Å². The lowest BCUT2D eigenvalue weighted by Gasteiger charge is -2.08. The molecule has 0 radical (unpaired) electrons. The molecule has 0 spiro atoms. The van der Waals surface area contributed by atoms with Gasteiger partial charge in [-0.05, 0) is 5.56 Å². The average molecular weight is 277 g/mol. The summed E-state index contributed by atoms with van der Waals surface area (Å²) in [6, 6.07) is 19.5. The number of hydrogen-bond acceptors (Lipinski definition) is 3. The minimum Gasteiger partial charge on any atom is -0.427 e. The Bertz CT molecular complexity index is 795. The van der Waals surface area contributed by atoms with Gasteiger partial charge in [0.2, 0.25) is 0 Å². The van der Waals surface area contributed by atoms with E-state index in [1.165, 1.54) is 6.20 Å². The summed E-state index contributed by atoms with van der Waals surface area (Å²) in [5, 5.41) is 17.9. The Hall–Kier alpha value is -2.88. The van der Waals surface area contributed by atoms with Gasteiger partial charge in [0.25, 0.3) is 0 Å². The summed E-state index contributed by atoms with van der Waals surface area (Å²) in [7, 11) is 0. The van der Waals surface area contributed by atoms with Crippen molar-refractivity contribution in [1.82, 2.24) is 9.71 Å². The summed E-state index contributed by atoms with van der Waals surface area (Å²) in [6.07, 6.45) is 1.98. The molecule has 1 heterocycles. The third-order valence-corrected chi connectivity index (χ3v) is 3.29. The fourth-order valence-electron chi connectivity index (χ4n) is 2.20. The Morgan fingerprint density at radius 2 is 1.57 bits per heavy atom. The molecule has 1 aromatic heterocycles. The van der Waals surface area contributed by atoms with Gasteiger partial charge in [-0.1, -0.05) is 60.7 Å². The predicted molar refractivity (Wildman–Crippen MR) is 80.0 cm³/mol. The van der Waals surface area contributed by atoms with Gasteiger partial charge in [0.1, 0.15) is 0 Å². The van der Waals surface area contributed by atoms with Crippen molar-refractivity contribution in [2.75, 3.05) is 0 Å². The molecule has 4 nitrogen and oxygen atoms in total. The van der Waals surface area contributed by atoms with E-state index in [0.717, 1.165) is 15.9 Å². The van der Waals surface area contributed by atoms with Gasteiger partial charge in [0.05, 0.1) is 17.6 Å². The van der Waals surface area contributed by atoms with Crippen molar-refractivity contribution < 1.29 is 5.21 Å². The fraction of sp³-hybridized carbons (Fsp3) is 0.0588. The minimum atomic E-state index is 0.0125. The number of hydrogen-bond donors (Lipinski definition) is 2. The summed E-state index contributed by atoms with van der Waals surface area (Å²) < 4.78 is 0.827. The highest BCUT2D eigenvalue weighted by Crippen LogP contribution is 2.15. The van der Waals surface area contributed by atoms with Crippen molar-refractivity contribution in [2.24, 2.45) is 0 Å². The Kier molecular flexibility index (Phi) is 3.51. The van der Waals surface area contributed by atoms with Crippen LogP contribution in [0.25, 0.3) is 11.3 Å². The highest BCUT2D eigenvalue weighted by Gasteiger charge is 2.08. The molecule has 0 saturated heterocycles. The zero-order chi connectivity index (χ0) is 14.7. The van der Waals surface area contributed by atoms with E-state index in [2.05, 4.69) is 4.98 Å². The van der Waals surface area contributed by atoms with Crippen molar-refractivity contribution in [3.63, 3.8) is 0 Å². The summed E-state index contributed by atoms with van der Waals surface area (Å²) in [5.74, 6) is 0. The first-order valence-electron chi connectivity index (χ1n) is 6.70. The smallest absolute Gasteiger partial charge is 0.182 e. The molecule has 0 fully saturated rings. The van der Waals surface area contributed by atoms with E-state index in [1.807, 2.05) is 60.7 Å². The van der Waals surface area contributed by atoms with E-state index in [4.69, 9.17) is 5.41 Å². The maximum absolute atomic E-state index is 9.91. The van der Waals surface area contributed by atoms with Gasteiger partial charge in [-0.25, -0.2) is 4.98 Å². The van der Waals surface area contributed by atoms with Crippen LogP contribution >= 0.6 is 0 Å². The Labute approximate surface area is 122 Å². The van der Waals surface area contributed by atoms with Crippen LogP contribution in [0.15, 0.2) is 66.9 Å². The summed E-state index contributed by atoms with van der Waals surface area (Å²) in [5.41, 5.74) is 3.18. The van der Waals surface area contributed by atoms with Crippen LogP contribution in [0.2, 0.25) is 0 Å². The first-order valence-corrected chi connectivity index (χ1v) is 6.70. The zero-order valence-electron chi connectivity index (χ0n) is 11.4. The molecule has 3 aromatic rings. The Morgan fingerprint density at radius 1 is 0.952 bits per heavy atom. The minimum absolute atomic E-state index is 0.0125. The topological polar surface area (TPSA) is 61.9 Å². The number of benzene rings is 2. The molecular weight excluding hydrogens is 262 g/mol. The number of nitrogens with zero attached hydrogens (tertiary/aromatic N) is 2. The third kappa shape index (κ3) is 2.84. The molecule has 0 aliphatic carbocycles. The predicted octanol–water partition coefficient (Wildman–Crippen LogP) is 2.86. The maximum Gasteiger partial charge on any atom is 0.182 e. The highest BCUT2D eigenvalue weighted by molar-refractivity contribution is 5.57. The van der Waals surface area contributed by atoms with Crippen LogP contribution in [-0.4, -0.2) is 14.9 Å². The lowest BCUT2D eigenvalue weighted by molar-refractivity contribution is 0.168. The summed E-state index contributed by atoms with van der Waals surface area (Å²) >= 11 is 0. The Balaban J connectivity index is 2.05. The number of nitrogens with one attached hydrogen (secondary N) is 1. The third-order valence-electron chi connectivity index (χ3n) is 3.29. The second-order valence-corrected chi connectivity index (χ2v) is 4.79. The van der Waals surface area contributed by atoms with Gasteiger partial charge in [0, 0.05) is 12.0 Å². The molecule has 2 N–H and O–H groups in total. The van der Waals surface area contributed by atoms with Gasteiger partial charge in [-0.2, -0.15) is 4.73 Å². The van der Waals surface area contributed by atoms with Crippen LogP contribution in [0.1, 0.15) is 11.3 Å². The van der Waals surface area contributed by atoms with Crippen LogP contribution < -0.4 is 5.49 Å². The molecule has 0 unspecified atom stereocenters. The lowest BCUT2D eigenvalue weighted by atomic mass is 10.1. The van der Waals surface area contributed by atoms with Crippen molar-refractivity contribution in [3.8, 4) is 11.3 Å². The van der Waals surface area contributed by atoms with E-state index in [9.17, 15) is 5.21 Å². The van der Waals surface area contributed by atoms with Crippen molar-refractivity contribution in [1.29, 1.82) is 5.41 Å². The first-order chi connectivity index (χ1) is 10.2. The SMILES string of the molecule is N=c1c(Cc2ccccc2)nc(-c2ccccc2)cn1O. The molecule has 0 bridgehead atoms. The van der Waals surface area contributed by atoms with Crippen LogP contribution in [0.4, 0.5) is 0 Å². The molecule has 21 heavy (non-hydrogen) atoms. The van der Waals surface area contributed by atoms with Crippen LogP contribution in [0.5, 0.6) is 0 Å². The fourth-order valence-corrected chi connectivity index (χ4v) is 2.20. The number of rotatable bonds is 3. The van der Waals surface area contributed by atoms with Gasteiger partial charge in [0.15, 0.2) is 5.49 Å². The van der Waals surface area contributed by atoms with Gasteiger partial charge in [-0.15, -0.1) is 0 Å². The van der Waals surface area contributed by atoms with E-state index >= 15 is 0 Å². The normalized spacial score (nSPS) is 10.5. The van der Waals surface area contributed by atoms with E-state index in [1.54, 1.807) is 0 Å². The summed E-state index contributed by atoms with van der Waals surface area (Å²) in [6.45, 7) is 0. The molecule has 0 saturated carbocycles. The molecule has 0 aliphatic heterocycles. The highest BCUT2D eigenvalue weighted by atomic mass is 16.5. The van der Waals surface area contributed by atoms with Crippen molar-refractivity contribution in [3.05, 3.63) is 83.6 Å². The standard InChI is InChI=1S/C17H15N3O/c18-17-15(11-13-7-3-1-4-8-13)19-16(12-20(17)21)14-9-5-2-6-10-14/h1-10,12,18,21H,11H2. The average Bonchev–Trinajstić information content (AvgIpc) is 2.53. The number of aromatic nitrogens is 2. The van der Waals surface area contributed by atoms with Gasteiger partial charge < -0.3 is 5.21 Å². The van der Waals surface area contributed by atoms with Crippen LogP contribution in [-0.2, 0) is 6.42 Å². The van der Waals surface area contributed by atoms with E-state index in [-0.39, 0.29) is 5.49 Å². The van der Waals surface area contributed by atoms with E-state index < -0.39 is 0 Å². The lowest BCUT2D eigenvalue weighted by Crippen LogP contribution is -2.24. The molecule has 0 aliphatic rings. The molecule has 3 rings (SSSR count). The monoisotopic (exact) mass is 277 g/mol. The second kappa shape index (κ2) is 5.63. The quantitative estimate of drug-likeness (QED) is 0.723. The molecule has 4 heteroatoms. The van der Waals surface area contributed by atoms with Crippen molar-refractivity contribution >= 4 is 0 Å². The van der Waals surface area contributed by atoms with Crippen molar-refractivity contribution in [2.45, 2.75) is 6.42 Å². The maximum atomic E-state index is 9.91. The largest absolute Gasteiger partial charge is 0.427 e. The van der Waals surface area contributed by atoms with E-state index in [0.29, 0.717) is 17.8 Å². The second-order valence-electron chi connectivity index (χ2n) is 4.79. The molecule has 0 amide bonds. The summed E-state index contributed by atoms with van der Waals surface area (Å²) in [4.78, 5) is 4.53. The zero-order valence-corrected chi connectivity index (χ0v) is 11.4. The van der Waals surface area contributed by atoms with Crippen LogP contribution in [0, 0.1) is 5.41 Å². The first kappa shape index (κ1) is 13.1. The molecule has 104 valence electrons. The Morgan fingerprint density at radius 3 is 2.24 bits per heavy atom. The van der Waals surface area contributed by atoms with Gasteiger partial charge >= 0.3 is 0 Å². The molecule has 2 aromatic carbocycles.